The van der Waals surface area contributed by atoms with Crippen molar-refractivity contribution >= 4 is 34.1 Å². The van der Waals surface area contributed by atoms with Gasteiger partial charge in [-0.3, -0.25) is 0 Å². The second kappa shape index (κ2) is 4.82. The van der Waals surface area contributed by atoms with Crippen LogP contribution in [0.4, 0.5) is 16.0 Å². The summed E-state index contributed by atoms with van der Waals surface area (Å²) in [5, 5.41) is 4.01. The van der Waals surface area contributed by atoms with E-state index in [1.807, 2.05) is 24.3 Å². The molecule has 3 nitrogen and oxygen atoms in total. The highest BCUT2D eigenvalue weighted by Crippen LogP contribution is 2.22. The number of anilines is 2. The van der Waals surface area contributed by atoms with E-state index in [0.29, 0.717) is 11.6 Å². The van der Waals surface area contributed by atoms with E-state index in [1.54, 1.807) is 12.3 Å². The summed E-state index contributed by atoms with van der Waals surface area (Å²) in [4.78, 5) is 8.56. The van der Waals surface area contributed by atoms with E-state index in [4.69, 9.17) is 11.6 Å². The first-order valence-corrected chi connectivity index (χ1v) is 6.04. The van der Waals surface area contributed by atoms with Crippen molar-refractivity contribution in [2.75, 3.05) is 5.32 Å². The lowest BCUT2D eigenvalue weighted by Crippen LogP contribution is -1.97. The Kier molecular flexibility index (Phi) is 3.01. The summed E-state index contributed by atoms with van der Waals surface area (Å²) in [5.41, 5.74) is 1.48. The van der Waals surface area contributed by atoms with Gasteiger partial charge in [-0.25, -0.2) is 14.4 Å². The summed E-state index contributed by atoms with van der Waals surface area (Å²) in [6, 6.07) is 12.1. The normalized spacial score (nSPS) is 10.6. The van der Waals surface area contributed by atoms with E-state index in [9.17, 15) is 4.39 Å². The molecule has 0 saturated carbocycles. The smallest absolute Gasteiger partial charge is 0.227 e. The lowest BCUT2D eigenvalue weighted by atomic mass is 10.2. The van der Waals surface area contributed by atoms with Crippen LogP contribution in [0.25, 0.3) is 10.9 Å². The average Bonchev–Trinajstić information content (AvgIpc) is 2.43. The highest BCUT2D eigenvalue weighted by molar-refractivity contribution is 6.31. The third kappa shape index (κ3) is 2.48. The lowest BCUT2D eigenvalue weighted by Gasteiger charge is -2.06. The standard InChI is InChI=1S/C14H9ClFN3/c15-11-7-10(5-6-12(11)16)18-14-17-8-9-3-1-2-4-13(9)19-14/h1-8H,(H,17,18,19). The first-order chi connectivity index (χ1) is 9.22. The first-order valence-electron chi connectivity index (χ1n) is 5.66. The van der Waals surface area contributed by atoms with Gasteiger partial charge < -0.3 is 5.32 Å². The summed E-state index contributed by atoms with van der Waals surface area (Å²) in [6.45, 7) is 0. The Bertz CT molecular complexity index is 746. The van der Waals surface area contributed by atoms with Crippen LogP contribution in [0.1, 0.15) is 0 Å². The summed E-state index contributed by atoms with van der Waals surface area (Å²) >= 11 is 5.72. The number of hydrogen-bond donors (Lipinski definition) is 1. The minimum absolute atomic E-state index is 0.0609. The molecule has 2 aromatic carbocycles. The van der Waals surface area contributed by atoms with Gasteiger partial charge in [0.15, 0.2) is 0 Å². The zero-order chi connectivity index (χ0) is 13.2. The molecule has 3 rings (SSSR count). The predicted octanol–water partition coefficient (Wildman–Crippen LogP) is 4.17. The van der Waals surface area contributed by atoms with E-state index < -0.39 is 5.82 Å². The lowest BCUT2D eigenvalue weighted by molar-refractivity contribution is 0.628. The topological polar surface area (TPSA) is 37.8 Å². The van der Waals surface area contributed by atoms with Crippen molar-refractivity contribution in [2.45, 2.75) is 0 Å². The second-order valence-electron chi connectivity index (χ2n) is 4.01. The van der Waals surface area contributed by atoms with E-state index in [-0.39, 0.29) is 5.02 Å². The molecule has 94 valence electrons. The Hall–Kier alpha value is -2.20. The van der Waals surface area contributed by atoms with Crippen molar-refractivity contribution in [2.24, 2.45) is 0 Å². The molecule has 0 aliphatic rings. The van der Waals surface area contributed by atoms with Gasteiger partial charge >= 0.3 is 0 Å². The maximum Gasteiger partial charge on any atom is 0.227 e. The number of para-hydroxylation sites is 1. The number of hydrogen-bond acceptors (Lipinski definition) is 3. The van der Waals surface area contributed by atoms with Gasteiger partial charge in [0.2, 0.25) is 5.95 Å². The minimum atomic E-state index is -0.452. The zero-order valence-corrected chi connectivity index (χ0v) is 10.5. The molecule has 0 spiro atoms. The summed E-state index contributed by atoms with van der Waals surface area (Å²) < 4.78 is 13.1. The fourth-order valence-electron chi connectivity index (χ4n) is 1.74. The van der Waals surface area contributed by atoms with Gasteiger partial charge in [0.25, 0.3) is 0 Å². The molecule has 1 heterocycles. The molecule has 0 aliphatic carbocycles. The zero-order valence-electron chi connectivity index (χ0n) is 9.77. The molecule has 0 bridgehead atoms. The molecule has 19 heavy (non-hydrogen) atoms. The van der Waals surface area contributed by atoms with Crippen molar-refractivity contribution in [1.29, 1.82) is 0 Å². The van der Waals surface area contributed by atoms with Gasteiger partial charge in [0.05, 0.1) is 10.5 Å². The van der Waals surface area contributed by atoms with Gasteiger partial charge in [-0.15, -0.1) is 0 Å². The number of aromatic nitrogens is 2. The van der Waals surface area contributed by atoms with Gasteiger partial charge in [-0.1, -0.05) is 29.8 Å². The summed E-state index contributed by atoms with van der Waals surface area (Å²) in [5.74, 6) is -0.00646. The number of rotatable bonds is 2. The van der Waals surface area contributed by atoms with Crippen LogP contribution in [0.15, 0.2) is 48.7 Å². The highest BCUT2D eigenvalue weighted by Gasteiger charge is 2.03. The van der Waals surface area contributed by atoms with E-state index >= 15 is 0 Å². The number of benzene rings is 2. The van der Waals surface area contributed by atoms with Gasteiger partial charge in [0.1, 0.15) is 5.82 Å². The molecule has 0 atom stereocenters. The summed E-state index contributed by atoms with van der Waals surface area (Å²) in [7, 11) is 0. The Morgan fingerprint density at radius 2 is 1.95 bits per heavy atom. The van der Waals surface area contributed by atoms with Crippen molar-refractivity contribution < 1.29 is 4.39 Å². The van der Waals surface area contributed by atoms with Crippen LogP contribution >= 0.6 is 11.6 Å². The number of nitrogens with one attached hydrogen (secondary N) is 1. The Balaban J connectivity index is 1.94. The molecular weight excluding hydrogens is 265 g/mol. The molecule has 0 aliphatic heterocycles. The third-order valence-electron chi connectivity index (χ3n) is 2.66. The SMILES string of the molecule is Fc1ccc(Nc2ncc3ccccc3n2)cc1Cl. The Morgan fingerprint density at radius 1 is 1.11 bits per heavy atom. The minimum Gasteiger partial charge on any atom is -0.324 e. The van der Waals surface area contributed by atoms with E-state index in [1.165, 1.54) is 12.1 Å². The molecule has 0 unspecified atom stereocenters. The third-order valence-corrected chi connectivity index (χ3v) is 2.95. The molecule has 3 aromatic rings. The molecule has 0 amide bonds. The number of halogens is 2. The van der Waals surface area contributed by atoms with Crippen LogP contribution in [-0.2, 0) is 0 Å². The molecule has 5 heteroatoms. The quantitative estimate of drug-likeness (QED) is 0.762. The Labute approximate surface area is 114 Å². The fraction of sp³-hybridized carbons (Fsp3) is 0. The average molecular weight is 274 g/mol. The molecule has 0 fully saturated rings. The van der Waals surface area contributed by atoms with Crippen molar-refractivity contribution in [3.8, 4) is 0 Å². The summed E-state index contributed by atoms with van der Waals surface area (Å²) in [6.07, 6.45) is 1.73. The molecule has 1 aromatic heterocycles. The van der Waals surface area contributed by atoms with Crippen LogP contribution in [-0.4, -0.2) is 9.97 Å². The molecule has 0 saturated heterocycles. The molecule has 0 radical (unpaired) electrons. The molecule has 1 N–H and O–H groups in total. The van der Waals surface area contributed by atoms with Crippen LogP contribution < -0.4 is 5.32 Å². The van der Waals surface area contributed by atoms with Crippen LogP contribution in [0.5, 0.6) is 0 Å². The predicted molar refractivity (Wildman–Crippen MR) is 74.2 cm³/mol. The van der Waals surface area contributed by atoms with Crippen LogP contribution in [0.3, 0.4) is 0 Å². The van der Waals surface area contributed by atoms with Gasteiger partial charge in [-0.05, 0) is 24.3 Å². The molecular formula is C14H9ClFN3. The second-order valence-corrected chi connectivity index (χ2v) is 4.41. The fourth-order valence-corrected chi connectivity index (χ4v) is 1.92. The number of nitrogens with zero attached hydrogens (tertiary/aromatic N) is 2. The van der Waals surface area contributed by atoms with E-state index in [2.05, 4.69) is 15.3 Å². The maximum atomic E-state index is 13.1. The van der Waals surface area contributed by atoms with Gasteiger partial charge in [-0.2, -0.15) is 0 Å². The largest absolute Gasteiger partial charge is 0.324 e. The van der Waals surface area contributed by atoms with Crippen molar-refractivity contribution in [3.05, 3.63) is 59.5 Å². The monoisotopic (exact) mass is 273 g/mol. The van der Waals surface area contributed by atoms with Crippen molar-refractivity contribution in [1.82, 2.24) is 9.97 Å². The highest BCUT2D eigenvalue weighted by atomic mass is 35.5. The maximum absolute atomic E-state index is 13.1. The first kappa shape index (κ1) is 11.9. The van der Waals surface area contributed by atoms with Crippen molar-refractivity contribution in [3.63, 3.8) is 0 Å². The van der Waals surface area contributed by atoms with Crippen LogP contribution in [0, 0.1) is 5.82 Å². The van der Waals surface area contributed by atoms with Gasteiger partial charge in [0, 0.05) is 17.3 Å². The van der Waals surface area contributed by atoms with Crippen LogP contribution in [0.2, 0.25) is 5.02 Å². The number of fused-ring (bicyclic) bond motifs is 1. The Morgan fingerprint density at radius 3 is 2.79 bits per heavy atom. The van der Waals surface area contributed by atoms with E-state index in [0.717, 1.165) is 10.9 Å².